The van der Waals surface area contributed by atoms with Crippen molar-refractivity contribution in [2.75, 3.05) is 19.8 Å². The normalized spacial score (nSPS) is 17.6. The number of carbonyl (C=O) groups is 1. The van der Waals surface area contributed by atoms with E-state index in [1.165, 1.54) is 0 Å². The lowest BCUT2D eigenvalue weighted by atomic mass is 9.88. The highest BCUT2D eigenvalue weighted by Crippen LogP contribution is 2.35. The first-order valence-electron chi connectivity index (χ1n) is 6.76. The van der Waals surface area contributed by atoms with Gasteiger partial charge in [0.25, 0.3) is 6.43 Å². The number of benzene rings is 1. The van der Waals surface area contributed by atoms with Gasteiger partial charge in [-0.3, -0.25) is 4.79 Å². The number of ketones is 1. The lowest BCUT2D eigenvalue weighted by Crippen LogP contribution is -2.18. The van der Waals surface area contributed by atoms with Crippen LogP contribution in [0.3, 0.4) is 0 Å². The predicted molar refractivity (Wildman–Crippen MR) is 70.4 cm³/mol. The van der Waals surface area contributed by atoms with E-state index in [0.717, 1.165) is 17.7 Å². The minimum absolute atomic E-state index is 0.0426. The van der Waals surface area contributed by atoms with E-state index in [1.54, 1.807) is 0 Å². The van der Waals surface area contributed by atoms with Gasteiger partial charge in [-0.1, -0.05) is 18.2 Å². The van der Waals surface area contributed by atoms with Crippen LogP contribution in [0.25, 0.3) is 0 Å². The molecule has 1 aromatic carbocycles. The lowest BCUT2D eigenvalue weighted by Gasteiger charge is -2.25. The van der Waals surface area contributed by atoms with Gasteiger partial charge < -0.3 is 9.47 Å². The highest BCUT2D eigenvalue weighted by molar-refractivity contribution is 5.79. The summed E-state index contributed by atoms with van der Waals surface area (Å²) in [5, 5.41) is 0. The quantitative estimate of drug-likeness (QED) is 0.721. The molecule has 0 aliphatic carbocycles. The van der Waals surface area contributed by atoms with Gasteiger partial charge in [0.05, 0.1) is 13.2 Å². The molecular weight excluding hydrogens is 266 g/mol. The van der Waals surface area contributed by atoms with Gasteiger partial charge in [0.2, 0.25) is 0 Å². The van der Waals surface area contributed by atoms with E-state index in [1.807, 2.05) is 24.3 Å². The topological polar surface area (TPSA) is 35.5 Å². The number of hydrogen-bond donors (Lipinski definition) is 0. The Morgan fingerprint density at radius 1 is 1.40 bits per heavy atom. The summed E-state index contributed by atoms with van der Waals surface area (Å²) in [6, 6.07) is 7.70. The first-order valence-corrected chi connectivity index (χ1v) is 6.76. The SMILES string of the molecule is O=C(CCOCC(F)F)CC1CCOc2ccccc21. The van der Waals surface area contributed by atoms with Crippen molar-refractivity contribution in [3.05, 3.63) is 29.8 Å². The van der Waals surface area contributed by atoms with Crippen molar-refractivity contribution in [1.82, 2.24) is 0 Å². The van der Waals surface area contributed by atoms with E-state index in [9.17, 15) is 13.6 Å². The van der Waals surface area contributed by atoms with Crippen molar-refractivity contribution in [2.24, 2.45) is 0 Å². The van der Waals surface area contributed by atoms with Crippen LogP contribution >= 0.6 is 0 Å². The van der Waals surface area contributed by atoms with Gasteiger partial charge in [-0.2, -0.15) is 0 Å². The molecule has 0 spiro atoms. The van der Waals surface area contributed by atoms with E-state index < -0.39 is 13.0 Å². The molecule has 0 saturated carbocycles. The molecule has 0 bridgehead atoms. The Morgan fingerprint density at radius 3 is 3.00 bits per heavy atom. The Labute approximate surface area is 116 Å². The average molecular weight is 284 g/mol. The van der Waals surface area contributed by atoms with Crippen molar-refractivity contribution >= 4 is 5.78 Å². The zero-order valence-corrected chi connectivity index (χ0v) is 11.2. The Balaban J connectivity index is 1.80. The fourth-order valence-corrected chi connectivity index (χ4v) is 2.36. The van der Waals surface area contributed by atoms with E-state index in [4.69, 9.17) is 9.47 Å². The third-order valence-electron chi connectivity index (χ3n) is 3.33. The molecule has 1 aromatic rings. The van der Waals surface area contributed by atoms with Crippen molar-refractivity contribution in [3.8, 4) is 5.75 Å². The highest BCUT2D eigenvalue weighted by atomic mass is 19.3. The second-order valence-electron chi connectivity index (χ2n) is 4.83. The number of halogens is 2. The molecule has 3 nitrogen and oxygen atoms in total. The summed E-state index contributed by atoms with van der Waals surface area (Å²) in [5.41, 5.74) is 1.06. The van der Waals surface area contributed by atoms with E-state index in [-0.39, 0.29) is 24.7 Å². The smallest absolute Gasteiger partial charge is 0.261 e. The van der Waals surface area contributed by atoms with Crippen LogP contribution in [0.4, 0.5) is 8.78 Å². The lowest BCUT2D eigenvalue weighted by molar-refractivity contribution is -0.121. The minimum Gasteiger partial charge on any atom is -0.493 e. The number of hydrogen-bond acceptors (Lipinski definition) is 3. The average Bonchev–Trinajstić information content (AvgIpc) is 2.44. The van der Waals surface area contributed by atoms with Crippen LogP contribution in [0.2, 0.25) is 0 Å². The van der Waals surface area contributed by atoms with E-state index in [2.05, 4.69) is 0 Å². The fourth-order valence-electron chi connectivity index (χ4n) is 2.36. The third kappa shape index (κ3) is 4.27. The van der Waals surface area contributed by atoms with Crippen molar-refractivity contribution in [3.63, 3.8) is 0 Å². The molecule has 0 fully saturated rings. The van der Waals surface area contributed by atoms with Crippen LogP contribution in [-0.4, -0.2) is 32.0 Å². The maximum atomic E-state index is 11.9. The minimum atomic E-state index is -2.48. The second kappa shape index (κ2) is 7.33. The van der Waals surface area contributed by atoms with Crippen molar-refractivity contribution in [2.45, 2.75) is 31.6 Å². The van der Waals surface area contributed by atoms with Gasteiger partial charge in [0, 0.05) is 12.8 Å². The van der Waals surface area contributed by atoms with Crippen LogP contribution in [0.5, 0.6) is 5.75 Å². The summed E-state index contributed by atoms with van der Waals surface area (Å²) < 4.78 is 34.0. The highest BCUT2D eigenvalue weighted by Gasteiger charge is 2.23. The Kier molecular flexibility index (Phi) is 5.47. The van der Waals surface area contributed by atoms with Gasteiger partial charge in [0.15, 0.2) is 0 Å². The number of fused-ring (bicyclic) bond motifs is 1. The van der Waals surface area contributed by atoms with Gasteiger partial charge in [-0.15, -0.1) is 0 Å². The molecular formula is C15H18F2O3. The number of carbonyl (C=O) groups excluding carboxylic acids is 1. The summed E-state index contributed by atoms with van der Waals surface area (Å²) in [4.78, 5) is 11.9. The summed E-state index contributed by atoms with van der Waals surface area (Å²) in [7, 11) is 0. The Morgan fingerprint density at radius 2 is 2.20 bits per heavy atom. The molecule has 1 atom stereocenters. The number of alkyl halides is 2. The van der Waals surface area contributed by atoms with Gasteiger partial charge in [-0.25, -0.2) is 8.78 Å². The molecule has 0 radical (unpaired) electrons. The van der Waals surface area contributed by atoms with E-state index >= 15 is 0 Å². The first-order chi connectivity index (χ1) is 9.66. The second-order valence-corrected chi connectivity index (χ2v) is 4.83. The predicted octanol–water partition coefficient (Wildman–Crippen LogP) is 3.18. The van der Waals surface area contributed by atoms with Gasteiger partial charge >= 0.3 is 0 Å². The van der Waals surface area contributed by atoms with Gasteiger partial charge in [-0.05, 0) is 24.0 Å². The number of ether oxygens (including phenoxy) is 2. The Bertz CT molecular complexity index is 448. The zero-order chi connectivity index (χ0) is 14.4. The molecule has 5 heteroatoms. The van der Waals surface area contributed by atoms with Crippen molar-refractivity contribution < 1.29 is 23.0 Å². The standard InChI is InChI=1S/C15H18F2O3/c16-15(17)10-19-7-6-12(18)9-11-5-8-20-14-4-2-1-3-13(11)14/h1-4,11,15H,5-10H2. The first kappa shape index (κ1) is 14.9. The third-order valence-corrected chi connectivity index (χ3v) is 3.33. The molecule has 2 rings (SSSR count). The summed E-state index contributed by atoms with van der Waals surface area (Å²) in [6.07, 6.45) is -1.07. The van der Waals surface area contributed by atoms with Crippen molar-refractivity contribution in [1.29, 1.82) is 0 Å². The zero-order valence-electron chi connectivity index (χ0n) is 11.2. The van der Waals surface area contributed by atoms with Crippen LogP contribution in [0, 0.1) is 0 Å². The molecule has 110 valence electrons. The maximum absolute atomic E-state index is 11.9. The maximum Gasteiger partial charge on any atom is 0.261 e. The van der Waals surface area contributed by atoms with Crippen LogP contribution < -0.4 is 4.74 Å². The molecule has 0 saturated heterocycles. The largest absolute Gasteiger partial charge is 0.493 e. The molecule has 1 unspecified atom stereocenters. The summed E-state index contributed by atoms with van der Waals surface area (Å²) >= 11 is 0. The summed E-state index contributed by atoms with van der Waals surface area (Å²) in [5.74, 6) is 1.04. The molecule has 20 heavy (non-hydrogen) atoms. The molecule has 1 aliphatic heterocycles. The number of para-hydroxylation sites is 1. The molecule has 0 amide bonds. The van der Waals surface area contributed by atoms with Gasteiger partial charge in [0.1, 0.15) is 18.1 Å². The molecule has 1 aliphatic rings. The molecule has 0 aromatic heterocycles. The monoisotopic (exact) mass is 284 g/mol. The number of rotatable bonds is 7. The molecule has 1 heterocycles. The van der Waals surface area contributed by atoms with Crippen LogP contribution in [0.1, 0.15) is 30.7 Å². The number of Topliss-reactive ketones (excluding diaryl/α,β-unsaturated/α-hetero) is 1. The Hall–Kier alpha value is -1.49. The van der Waals surface area contributed by atoms with E-state index in [0.29, 0.717) is 13.0 Å². The van der Waals surface area contributed by atoms with Crippen LogP contribution in [0.15, 0.2) is 24.3 Å². The van der Waals surface area contributed by atoms with Crippen LogP contribution in [-0.2, 0) is 9.53 Å². The fraction of sp³-hybridized carbons (Fsp3) is 0.533. The summed E-state index contributed by atoms with van der Waals surface area (Å²) in [6.45, 7) is 0.0677. The molecule has 0 N–H and O–H groups in total.